The van der Waals surface area contributed by atoms with Crippen LogP contribution in [0.4, 0.5) is 0 Å². The third-order valence-electron chi connectivity index (χ3n) is 2.74. The number of morpholine rings is 1. The molecule has 0 aromatic heterocycles. The number of hydrogen-bond donors (Lipinski definition) is 2. The van der Waals surface area contributed by atoms with Crippen molar-refractivity contribution in [1.82, 2.24) is 9.84 Å². The predicted molar refractivity (Wildman–Crippen MR) is 71.1 cm³/mol. The molecule has 1 aromatic rings. The van der Waals surface area contributed by atoms with Crippen molar-refractivity contribution in [3.05, 3.63) is 28.8 Å². The molecular formula is C11H13ClN2O5S. The van der Waals surface area contributed by atoms with Gasteiger partial charge in [0.2, 0.25) is 0 Å². The monoisotopic (exact) mass is 320 g/mol. The van der Waals surface area contributed by atoms with Crippen molar-refractivity contribution in [2.45, 2.75) is 4.90 Å². The molecule has 7 nitrogen and oxygen atoms in total. The van der Waals surface area contributed by atoms with E-state index in [1.165, 1.54) is 17.1 Å². The minimum atomic E-state index is -3.83. The van der Waals surface area contributed by atoms with Crippen LogP contribution >= 0.6 is 11.6 Å². The normalized spacial score (nSPS) is 17.1. The van der Waals surface area contributed by atoms with Gasteiger partial charge in [-0.3, -0.25) is 0 Å². The van der Waals surface area contributed by atoms with Crippen LogP contribution in [-0.2, 0) is 14.8 Å². The Morgan fingerprint density at radius 3 is 2.60 bits per heavy atom. The molecule has 0 atom stereocenters. The van der Waals surface area contributed by atoms with Gasteiger partial charge in [-0.1, -0.05) is 11.6 Å². The number of aromatic carboxylic acids is 1. The number of hydrogen-bond acceptors (Lipinski definition) is 5. The molecule has 1 saturated heterocycles. The fourth-order valence-corrected chi connectivity index (χ4v) is 3.06. The second kappa shape index (κ2) is 6.06. The molecule has 110 valence electrons. The van der Waals surface area contributed by atoms with E-state index in [4.69, 9.17) is 21.4 Å². The molecule has 20 heavy (non-hydrogen) atoms. The molecule has 1 aliphatic heterocycles. The minimum Gasteiger partial charge on any atom is -0.478 e. The Morgan fingerprint density at radius 2 is 2.00 bits per heavy atom. The number of ether oxygens (including phenoxy) is 1. The highest BCUT2D eigenvalue weighted by Crippen LogP contribution is 2.20. The summed E-state index contributed by atoms with van der Waals surface area (Å²) in [6, 6.07) is 3.55. The van der Waals surface area contributed by atoms with E-state index in [1.54, 1.807) is 0 Å². The van der Waals surface area contributed by atoms with Gasteiger partial charge < -0.3 is 9.84 Å². The molecule has 0 radical (unpaired) electrons. The zero-order chi connectivity index (χ0) is 14.8. The summed E-state index contributed by atoms with van der Waals surface area (Å²) in [6.07, 6.45) is 0. The zero-order valence-electron chi connectivity index (χ0n) is 10.4. The molecule has 1 heterocycles. The topological polar surface area (TPSA) is 95.9 Å². The van der Waals surface area contributed by atoms with Crippen molar-refractivity contribution < 1.29 is 23.1 Å². The number of nitrogens with zero attached hydrogens (tertiary/aromatic N) is 1. The maximum Gasteiger partial charge on any atom is 0.337 e. The van der Waals surface area contributed by atoms with Crippen molar-refractivity contribution in [1.29, 1.82) is 0 Å². The van der Waals surface area contributed by atoms with Crippen molar-refractivity contribution in [2.24, 2.45) is 0 Å². The summed E-state index contributed by atoms with van der Waals surface area (Å²) in [5.74, 6) is -1.28. The summed E-state index contributed by atoms with van der Waals surface area (Å²) in [4.78, 5) is 13.2. The Morgan fingerprint density at radius 1 is 1.35 bits per heavy atom. The van der Waals surface area contributed by atoms with E-state index in [1.807, 2.05) is 0 Å². The Balaban J connectivity index is 2.24. The number of benzene rings is 1. The first-order valence-electron chi connectivity index (χ1n) is 5.78. The van der Waals surface area contributed by atoms with Crippen LogP contribution in [0.1, 0.15) is 10.4 Å². The summed E-state index contributed by atoms with van der Waals surface area (Å²) in [7, 11) is -3.83. The van der Waals surface area contributed by atoms with E-state index >= 15 is 0 Å². The molecule has 0 aliphatic carbocycles. The molecule has 9 heteroatoms. The van der Waals surface area contributed by atoms with Crippen molar-refractivity contribution in [3.63, 3.8) is 0 Å². The highest BCUT2D eigenvalue weighted by molar-refractivity contribution is 7.89. The largest absolute Gasteiger partial charge is 0.478 e. The SMILES string of the molecule is O=C(O)c1cc(S(=O)(=O)NN2CCOCC2)ccc1Cl. The van der Waals surface area contributed by atoms with Gasteiger partial charge in [-0.25, -0.2) is 18.2 Å². The predicted octanol–water partition coefficient (Wildman–Crippen LogP) is 0.564. The lowest BCUT2D eigenvalue weighted by Crippen LogP contribution is -2.48. The second-order valence-corrected chi connectivity index (χ2v) is 6.21. The Hall–Kier alpha value is -1.19. The van der Waals surface area contributed by atoms with Crippen LogP contribution in [0.5, 0.6) is 0 Å². The summed E-state index contributed by atoms with van der Waals surface area (Å²) < 4.78 is 29.4. The molecule has 0 saturated carbocycles. The van der Waals surface area contributed by atoms with Crippen LogP contribution in [0.2, 0.25) is 5.02 Å². The van der Waals surface area contributed by atoms with Crippen molar-refractivity contribution in [2.75, 3.05) is 26.3 Å². The van der Waals surface area contributed by atoms with Crippen LogP contribution in [0.3, 0.4) is 0 Å². The summed E-state index contributed by atoms with van der Waals surface area (Å²) in [5, 5.41) is 10.4. The lowest BCUT2D eigenvalue weighted by Gasteiger charge is -2.26. The van der Waals surface area contributed by atoms with Crippen LogP contribution in [0.15, 0.2) is 23.1 Å². The lowest BCUT2D eigenvalue weighted by molar-refractivity contribution is 0.0272. The lowest BCUT2D eigenvalue weighted by atomic mass is 10.2. The molecule has 0 amide bonds. The van der Waals surface area contributed by atoms with Gasteiger partial charge in [-0.05, 0) is 18.2 Å². The molecule has 2 rings (SSSR count). The number of carbonyl (C=O) groups is 1. The standard InChI is InChI=1S/C11H13ClN2O5S/c12-10-2-1-8(7-9(10)11(15)16)20(17,18)13-14-3-5-19-6-4-14/h1-2,7,13H,3-6H2,(H,15,16). The van der Waals surface area contributed by atoms with Gasteiger partial charge in [0.25, 0.3) is 10.0 Å². The number of nitrogens with one attached hydrogen (secondary N) is 1. The highest BCUT2D eigenvalue weighted by atomic mass is 35.5. The summed E-state index contributed by atoms with van der Waals surface area (Å²) >= 11 is 5.71. The highest BCUT2D eigenvalue weighted by Gasteiger charge is 2.22. The van der Waals surface area contributed by atoms with E-state index in [0.29, 0.717) is 26.3 Å². The first kappa shape index (κ1) is 15.2. The van der Waals surface area contributed by atoms with Crippen LogP contribution in [0.25, 0.3) is 0 Å². The number of hydrazine groups is 1. The van der Waals surface area contributed by atoms with Gasteiger partial charge >= 0.3 is 5.97 Å². The van der Waals surface area contributed by atoms with E-state index in [9.17, 15) is 13.2 Å². The first-order chi connectivity index (χ1) is 9.40. The van der Waals surface area contributed by atoms with Gasteiger partial charge in [-0.2, -0.15) is 0 Å². The smallest absolute Gasteiger partial charge is 0.337 e. The molecule has 1 aliphatic rings. The Labute approximate surface area is 121 Å². The third kappa shape index (κ3) is 3.47. The van der Waals surface area contributed by atoms with Gasteiger partial charge in [0, 0.05) is 13.1 Å². The number of carboxylic acids is 1. The molecule has 1 aromatic carbocycles. The first-order valence-corrected chi connectivity index (χ1v) is 7.64. The van der Waals surface area contributed by atoms with Crippen molar-refractivity contribution >= 4 is 27.6 Å². The molecule has 2 N–H and O–H groups in total. The molecular weight excluding hydrogens is 308 g/mol. The van der Waals surface area contributed by atoms with E-state index in [2.05, 4.69) is 4.83 Å². The van der Waals surface area contributed by atoms with E-state index in [0.717, 1.165) is 6.07 Å². The quantitative estimate of drug-likeness (QED) is 0.841. The molecule has 0 bridgehead atoms. The van der Waals surface area contributed by atoms with Gasteiger partial charge in [0.15, 0.2) is 0 Å². The second-order valence-electron chi connectivity index (χ2n) is 4.14. The summed E-state index contributed by atoms with van der Waals surface area (Å²) in [6.45, 7) is 1.73. The fraction of sp³-hybridized carbons (Fsp3) is 0.364. The Bertz CT molecular complexity index is 613. The van der Waals surface area contributed by atoms with Crippen LogP contribution < -0.4 is 4.83 Å². The van der Waals surface area contributed by atoms with Gasteiger partial charge in [0.1, 0.15) is 0 Å². The number of rotatable bonds is 4. The maximum atomic E-state index is 12.2. The molecule has 0 spiro atoms. The number of carboxylic acid groups (broad SMARTS) is 1. The van der Waals surface area contributed by atoms with Crippen LogP contribution in [0, 0.1) is 0 Å². The molecule has 1 fully saturated rings. The fourth-order valence-electron chi connectivity index (χ4n) is 1.71. The van der Waals surface area contributed by atoms with Gasteiger partial charge in [0.05, 0.1) is 28.7 Å². The third-order valence-corrected chi connectivity index (χ3v) is 4.44. The number of sulfonamides is 1. The van der Waals surface area contributed by atoms with Crippen LogP contribution in [-0.4, -0.2) is 50.8 Å². The van der Waals surface area contributed by atoms with E-state index in [-0.39, 0.29) is 15.5 Å². The van der Waals surface area contributed by atoms with Gasteiger partial charge in [-0.15, -0.1) is 4.83 Å². The average Bonchev–Trinajstić information content (AvgIpc) is 2.39. The summed E-state index contributed by atoms with van der Waals surface area (Å²) in [5.41, 5.74) is -0.253. The average molecular weight is 321 g/mol. The number of halogens is 1. The maximum absolute atomic E-state index is 12.2. The Kier molecular flexibility index (Phi) is 4.61. The molecule has 0 unspecified atom stereocenters. The van der Waals surface area contributed by atoms with Crippen molar-refractivity contribution in [3.8, 4) is 0 Å². The minimum absolute atomic E-state index is 0.0113. The van der Waals surface area contributed by atoms with E-state index < -0.39 is 16.0 Å². The zero-order valence-corrected chi connectivity index (χ0v) is 11.9.